The Bertz CT molecular complexity index is 857. The Morgan fingerprint density at radius 3 is 1.81 bits per heavy atom. The molecule has 1 heterocycles. The summed E-state index contributed by atoms with van der Waals surface area (Å²) in [5.41, 5.74) is -0.551. The van der Waals surface area contributed by atoms with Gasteiger partial charge in [0.2, 0.25) is 0 Å². The predicted octanol–water partition coefficient (Wildman–Crippen LogP) is 4.30. The van der Waals surface area contributed by atoms with E-state index in [9.17, 15) is 49.1 Å². The summed E-state index contributed by atoms with van der Waals surface area (Å²) in [7, 11) is 0. The fourth-order valence-electron chi connectivity index (χ4n) is 2.70. The minimum absolute atomic E-state index is 0.0420. The van der Waals surface area contributed by atoms with Crippen LogP contribution in [0.25, 0.3) is 0 Å². The molecule has 0 saturated carbocycles. The van der Waals surface area contributed by atoms with Crippen molar-refractivity contribution in [3.8, 4) is 0 Å². The quantitative estimate of drug-likeness (QED) is 0.637. The molecule has 0 spiro atoms. The van der Waals surface area contributed by atoms with Crippen LogP contribution < -0.4 is 5.32 Å². The molecule has 1 fully saturated rings. The highest BCUT2D eigenvalue weighted by Gasteiger charge is 2.96. The first-order valence-electron chi connectivity index (χ1n) is 8.61. The van der Waals surface area contributed by atoms with Crippen LogP contribution in [0.3, 0.4) is 0 Å². The van der Waals surface area contributed by atoms with Gasteiger partial charge in [-0.05, 0) is 38.1 Å². The minimum Gasteiger partial charge on any atom is -0.339 e. The van der Waals surface area contributed by atoms with E-state index in [1.165, 1.54) is 10.2 Å². The van der Waals surface area contributed by atoms with Crippen molar-refractivity contribution in [1.82, 2.24) is 4.90 Å². The van der Waals surface area contributed by atoms with Gasteiger partial charge in [0.25, 0.3) is 5.91 Å². The second-order valence-corrected chi connectivity index (χ2v) is 6.45. The molecule has 14 heteroatoms. The van der Waals surface area contributed by atoms with E-state index in [0.29, 0.717) is 13.1 Å². The molecular formula is C17H15F9N2O3. The lowest BCUT2D eigenvalue weighted by Crippen LogP contribution is -2.63. The van der Waals surface area contributed by atoms with E-state index in [1.54, 1.807) is 13.8 Å². The van der Waals surface area contributed by atoms with Crippen LogP contribution in [0.2, 0.25) is 0 Å². The number of benzene rings is 1. The summed E-state index contributed by atoms with van der Waals surface area (Å²) in [6.07, 6.45) is -6.32. The fraction of sp³-hybridized carbons (Fsp3) is 0.529. The topological polar surface area (TPSA) is 58.6 Å². The zero-order chi connectivity index (χ0) is 24.0. The third-order valence-electron chi connectivity index (χ3n) is 4.56. The highest BCUT2D eigenvalue weighted by Crippen LogP contribution is 2.64. The van der Waals surface area contributed by atoms with Gasteiger partial charge < -0.3 is 10.2 Å². The first kappa shape index (κ1) is 24.8. The number of alkyl halides is 9. The summed E-state index contributed by atoms with van der Waals surface area (Å²) >= 11 is 0. The van der Waals surface area contributed by atoms with Gasteiger partial charge in [-0.25, -0.2) is 0 Å². The molecule has 1 saturated heterocycles. The molecule has 1 aliphatic heterocycles. The number of carbonyl (C=O) groups is 2. The van der Waals surface area contributed by atoms with Gasteiger partial charge in [0, 0.05) is 24.3 Å². The van der Waals surface area contributed by atoms with E-state index in [0.717, 1.165) is 24.3 Å². The molecule has 1 atom stereocenters. The second kappa shape index (κ2) is 7.57. The van der Waals surface area contributed by atoms with Gasteiger partial charge in [0.15, 0.2) is 0 Å². The van der Waals surface area contributed by atoms with E-state index in [2.05, 4.69) is 4.74 Å². The summed E-state index contributed by atoms with van der Waals surface area (Å²) in [4.78, 5) is 25.2. The third-order valence-corrected chi connectivity index (χ3v) is 4.56. The van der Waals surface area contributed by atoms with Crippen LogP contribution in [-0.4, -0.2) is 59.5 Å². The Morgan fingerprint density at radius 1 is 0.935 bits per heavy atom. The van der Waals surface area contributed by atoms with Crippen LogP contribution in [-0.2, 0) is 9.53 Å². The summed E-state index contributed by atoms with van der Waals surface area (Å²) in [5, 5.41) is 1.24. The SMILES string of the molecule is CCN(CC)C(=O)c1ccc(NC(=O)C(F)(F)[C@]2(F)OC(F)(F)C(F)(F)C2(F)F)cc1. The number of nitrogens with one attached hydrogen (secondary N) is 1. The molecule has 1 N–H and O–H groups in total. The highest BCUT2D eigenvalue weighted by molar-refractivity contribution is 5.98. The van der Waals surface area contributed by atoms with Crippen molar-refractivity contribution in [1.29, 1.82) is 0 Å². The molecule has 2 amide bonds. The Kier molecular flexibility index (Phi) is 6.04. The Labute approximate surface area is 169 Å². The molecule has 0 aromatic heterocycles. The van der Waals surface area contributed by atoms with Crippen molar-refractivity contribution in [3.05, 3.63) is 29.8 Å². The van der Waals surface area contributed by atoms with Crippen molar-refractivity contribution in [2.45, 2.75) is 43.6 Å². The maximum atomic E-state index is 14.2. The van der Waals surface area contributed by atoms with E-state index in [1.807, 2.05) is 0 Å². The smallest absolute Gasteiger partial charge is 0.339 e. The number of nitrogens with zero attached hydrogens (tertiary/aromatic N) is 1. The van der Waals surface area contributed by atoms with Crippen molar-refractivity contribution in [2.75, 3.05) is 18.4 Å². The van der Waals surface area contributed by atoms with Crippen LogP contribution in [0.15, 0.2) is 24.3 Å². The van der Waals surface area contributed by atoms with Crippen LogP contribution >= 0.6 is 0 Å². The standard InChI is InChI=1S/C17H15F9N2O3/c1-3-28(4-2)11(29)9-5-7-10(8-6-9)27-12(30)13(18,19)16(24)14(20,21)15(22,23)17(25,26)31-16/h5-8H,3-4H2,1-2H3,(H,27,30)/t16-/m0/s1. The Balaban J connectivity index is 2.28. The van der Waals surface area contributed by atoms with Gasteiger partial charge >= 0.3 is 35.6 Å². The summed E-state index contributed by atoms with van der Waals surface area (Å²) < 4.78 is 124. The molecule has 174 valence electrons. The maximum absolute atomic E-state index is 14.2. The highest BCUT2D eigenvalue weighted by atomic mass is 19.4. The van der Waals surface area contributed by atoms with Gasteiger partial charge in [0.1, 0.15) is 0 Å². The molecule has 1 aromatic rings. The van der Waals surface area contributed by atoms with Crippen molar-refractivity contribution < 1.29 is 53.8 Å². The van der Waals surface area contributed by atoms with E-state index in [-0.39, 0.29) is 5.56 Å². The molecule has 0 aliphatic carbocycles. The number of hydrogen-bond donors (Lipinski definition) is 1. The lowest BCUT2D eigenvalue weighted by molar-refractivity contribution is -0.366. The minimum atomic E-state index is -6.76. The number of ether oxygens (including phenoxy) is 1. The molecule has 2 rings (SSSR count). The fourth-order valence-corrected chi connectivity index (χ4v) is 2.70. The molecular weight excluding hydrogens is 451 g/mol. The lowest BCUT2D eigenvalue weighted by Gasteiger charge is -2.31. The number of carbonyl (C=O) groups excluding carboxylic acids is 2. The summed E-state index contributed by atoms with van der Waals surface area (Å²) in [6, 6.07) is 3.80. The maximum Gasteiger partial charge on any atom is 0.428 e. The zero-order valence-electron chi connectivity index (χ0n) is 15.8. The number of hydrogen-bond acceptors (Lipinski definition) is 3. The van der Waals surface area contributed by atoms with Crippen LogP contribution in [0.4, 0.5) is 45.2 Å². The number of anilines is 1. The van der Waals surface area contributed by atoms with Gasteiger partial charge in [-0.3, -0.25) is 14.3 Å². The number of rotatable bonds is 6. The van der Waals surface area contributed by atoms with Crippen LogP contribution in [0.5, 0.6) is 0 Å². The zero-order valence-corrected chi connectivity index (χ0v) is 15.8. The van der Waals surface area contributed by atoms with Gasteiger partial charge in [-0.15, -0.1) is 0 Å². The first-order valence-corrected chi connectivity index (χ1v) is 8.61. The molecule has 5 nitrogen and oxygen atoms in total. The number of amides is 2. The van der Waals surface area contributed by atoms with Crippen LogP contribution in [0, 0.1) is 0 Å². The molecule has 1 aromatic carbocycles. The van der Waals surface area contributed by atoms with E-state index < -0.39 is 47.2 Å². The molecule has 0 unspecified atom stereocenters. The molecule has 31 heavy (non-hydrogen) atoms. The van der Waals surface area contributed by atoms with Gasteiger partial charge in [-0.2, -0.15) is 39.5 Å². The van der Waals surface area contributed by atoms with E-state index >= 15 is 0 Å². The van der Waals surface area contributed by atoms with Crippen molar-refractivity contribution >= 4 is 17.5 Å². The third kappa shape index (κ3) is 3.49. The summed E-state index contributed by atoms with van der Waals surface area (Å²) in [6.45, 7) is 4.03. The summed E-state index contributed by atoms with van der Waals surface area (Å²) in [5.74, 6) is -29.4. The Hall–Kier alpha value is -2.51. The van der Waals surface area contributed by atoms with Gasteiger partial charge in [0.05, 0.1) is 0 Å². The largest absolute Gasteiger partial charge is 0.428 e. The second-order valence-electron chi connectivity index (χ2n) is 6.45. The molecule has 0 bridgehead atoms. The first-order chi connectivity index (χ1) is 14.0. The van der Waals surface area contributed by atoms with Crippen LogP contribution in [0.1, 0.15) is 24.2 Å². The van der Waals surface area contributed by atoms with Crippen molar-refractivity contribution in [3.63, 3.8) is 0 Å². The Morgan fingerprint density at radius 2 is 1.42 bits per heavy atom. The molecule has 1 aliphatic rings. The van der Waals surface area contributed by atoms with Gasteiger partial charge in [-0.1, -0.05) is 0 Å². The number of halogens is 9. The molecule has 0 radical (unpaired) electrons. The monoisotopic (exact) mass is 466 g/mol. The average Bonchev–Trinajstić information content (AvgIpc) is 2.77. The van der Waals surface area contributed by atoms with Crippen molar-refractivity contribution in [2.24, 2.45) is 0 Å². The predicted molar refractivity (Wildman–Crippen MR) is 87.0 cm³/mol. The normalized spacial score (nSPS) is 24.0. The lowest BCUT2D eigenvalue weighted by atomic mass is 9.99. The van der Waals surface area contributed by atoms with E-state index in [4.69, 9.17) is 0 Å². The average molecular weight is 466 g/mol.